The summed E-state index contributed by atoms with van der Waals surface area (Å²) in [6.07, 6.45) is 1.99. The van der Waals surface area contributed by atoms with Gasteiger partial charge in [-0.15, -0.1) is 24.0 Å². The van der Waals surface area contributed by atoms with Crippen molar-refractivity contribution in [1.29, 1.82) is 0 Å². The summed E-state index contributed by atoms with van der Waals surface area (Å²) in [4.78, 5) is 6.80. The molecule has 0 aliphatic carbocycles. The molecule has 2 aromatic carbocycles. The first-order chi connectivity index (χ1) is 12.8. The maximum absolute atomic E-state index is 5.66. The van der Waals surface area contributed by atoms with E-state index in [9.17, 15) is 0 Å². The molecule has 0 bridgehead atoms. The Kier molecular flexibility index (Phi) is 6.82. The van der Waals surface area contributed by atoms with E-state index < -0.39 is 0 Å². The van der Waals surface area contributed by atoms with Gasteiger partial charge >= 0.3 is 0 Å². The maximum atomic E-state index is 5.66. The maximum Gasteiger partial charge on any atom is 0.193 e. The van der Waals surface area contributed by atoms with E-state index in [1.54, 1.807) is 0 Å². The summed E-state index contributed by atoms with van der Waals surface area (Å²) < 4.78 is 11.2. The van der Waals surface area contributed by atoms with Crippen LogP contribution in [-0.2, 0) is 19.4 Å². The molecule has 0 saturated heterocycles. The largest absolute Gasteiger partial charge is 0.486 e. The normalized spacial score (nSPS) is 15.6. The number of hydrogen-bond donors (Lipinski definition) is 1. The van der Waals surface area contributed by atoms with Gasteiger partial charge in [-0.05, 0) is 41.7 Å². The third-order valence-electron chi connectivity index (χ3n) is 4.95. The molecule has 2 aliphatic rings. The second-order valence-corrected chi connectivity index (χ2v) is 6.64. The highest BCUT2D eigenvalue weighted by atomic mass is 127. The molecule has 2 aliphatic heterocycles. The summed E-state index contributed by atoms with van der Waals surface area (Å²) in [5.41, 5.74) is 4.09. The minimum atomic E-state index is 0. The molecule has 6 heteroatoms. The van der Waals surface area contributed by atoms with Crippen molar-refractivity contribution in [3.63, 3.8) is 0 Å². The molecule has 0 unspecified atom stereocenters. The lowest BCUT2D eigenvalue weighted by Gasteiger charge is -2.31. The van der Waals surface area contributed by atoms with Crippen LogP contribution in [0.2, 0.25) is 0 Å². The van der Waals surface area contributed by atoms with Gasteiger partial charge in [-0.1, -0.05) is 30.3 Å². The van der Waals surface area contributed by atoms with E-state index in [-0.39, 0.29) is 24.0 Å². The standard InChI is InChI=1S/C21H25N3O2.HI/c1-22-21(24-11-9-17-4-2-3-5-18(17)15-24)23-10-8-16-6-7-19-20(14-16)26-13-12-25-19;/h2-7,14H,8-13,15H2,1H3,(H,22,23);1H. The highest BCUT2D eigenvalue weighted by Crippen LogP contribution is 2.30. The third-order valence-corrected chi connectivity index (χ3v) is 4.95. The van der Waals surface area contributed by atoms with Crippen LogP contribution >= 0.6 is 24.0 Å². The van der Waals surface area contributed by atoms with Crippen LogP contribution in [0.3, 0.4) is 0 Å². The fourth-order valence-electron chi connectivity index (χ4n) is 3.57. The summed E-state index contributed by atoms with van der Waals surface area (Å²) in [7, 11) is 1.85. The molecule has 0 atom stereocenters. The van der Waals surface area contributed by atoms with Crippen molar-refractivity contribution in [3.05, 3.63) is 59.2 Å². The molecule has 5 nitrogen and oxygen atoms in total. The molecule has 144 valence electrons. The summed E-state index contributed by atoms with van der Waals surface area (Å²) in [5, 5.41) is 3.50. The summed E-state index contributed by atoms with van der Waals surface area (Å²) >= 11 is 0. The van der Waals surface area contributed by atoms with Crippen molar-refractivity contribution in [2.45, 2.75) is 19.4 Å². The Labute approximate surface area is 177 Å². The average Bonchev–Trinajstić information content (AvgIpc) is 2.71. The third kappa shape index (κ3) is 4.66. The molecule has 1 N–H and O–H groups in total. The lowest BCUT2D eigenvalue weighted by molar-refractivity contribution is 0.171. The van der Waals surface area contributed by atoms with E-state index in [2.05, 4.69) is 51.6 Å². The number of hydrogen-bond acceptors (Lipinski definition) is 3. The number of fused-ring (bicyclic) bond motifs is 2. The molecule has 0 fully saturated rings. The number of benzene rings is 2. The summed E-state index contributed by atoms with van der Waals surface area (Å²) in [5.74, 6) is 2.67. The van der Waals surface area contributed by atoms with Crippen LogP contribution in [0, 0.1) is 0 Å². The van der Waals surface area contributed by atoms with Crippen molar-refractivity contribution in [2.75, 3.05) is 33.4 Å². The smallest absolute Gasteiger partial charge is 0.193 e. The lowest BCUT2D eigenvalue weighted by Crippen LogP contribution is -2.44. The number of guanidine groups is 1. The van der Waals surface area contributed by atoms with Gasteiger partial charge in [-0.3, -0.25) is 4.99 Å². The molecule has 0 radical (unpaired) electrons. The van der Waals surface area contributed by atoms with Gasteiger partial charge in [-0.25, -0.2) is 0 Å². The molecule has 4 rings (SSSR count). The summed E-state index contributed by atoms with van der Waals surface area (Å²) in [6, 6.07) is 14.9. The molecule has 0 amide bonds. The van der Waals surface area contributed by atoms with Crippen molar-refractivity contribution in [3.8, 4) is 11.5 Å². The van der Waals surface area contributed by atoms with Gasteiger partial charge in [0.1, 0.15) is 13.2 Å². The second kappa shape index (κ2) is 9.30. The quantitative estimate of drug-likeness (QED) is 0.417. The molecule has 0 aromatic heterocycles. The Balaban J connectivity index is 0.00000210. The van der Waals surface area contributed by atoms with E-state index in [1.807, 2.05) is 13.1 Å². The van der Waals surface area contributed by atoms with Crippen LogP contribution in [0.15, 0.2) is 47.5 Å². The van der Waals surface area contributed by atoms with Crippen LogP contribution in [0.1, 0.15) is 16.7 Å². The van der Waals surface area contributed by atoms with Gasteiger partial charge in [0.05, 0.1) is 0 Å². The van der Waals surface area contributed by atoms with Gasteiger partial charge in [0.25, 0.3) is 0 Å². The summed E-state index contributed by atoms with van der Waals surface area (Å²) in [6.45, 7) is 4.01. The molecule has 0 spiro atoms. The number of nitrogens with one attached hydrogen (secondary N) is 1. The fourth-order valence-corrected chi connectivity index (χ4v) is 3.57. The Morgan fingerprint density at radius 2 is 1.85 bits per heavy atom. The number of nitrogens with zero attached hydrogens (tertiary/aromatic N) is 2. The van der Waals surface area contributed by atoms with Gasteiger partial charge < -0.3 is 19.7 Å². The van der Waals surface area contributed by atoms with Crippen molar-refractivity contribution in [2.24, 2.45) is 4.99 Å². The van der Waals surface area contributed by atoms with E-state index in [0.29, 0.717) is 13.2 Å². The molecule has 0 saturated carbocycles. The van der Waals surface area contributed by atoms with E-state index in [4.69, 9.17) is 9.47 Å². The Hall–Kier alpha value is -1.96. The average molecular weight is 479 g/mol. The zero-order valence-electron chi connectivity index (χ0n) is 15.6. The van der Waals surface area contributed by atoms with Crippen LogP contribution in [-0.4, -0.2) is 44.2 Å². The van der Waals surface area contributed by atoms with E-state index in [0.717, 1.165) is 49.9 Å². The highest BCUT2D eigenvalue weighted by molar-refractivity contribution is 14.0. The minimum absolute atomic E-state index is 0. The molecular formula is C21H26IN3O2. The highest BCUT2D eigenvalue weighted by Gasteiger charge is 2.18. The molecule has 27 heavy (non-hydrogen) atoms. The molecule has 2 heterocycles. The monoisotopic (exact) mass is 479 g/mol. The first kappa shape index (κ1) is 19.8. The van der Waals surface area contributed by atoms with Gasteiger partial charge in [0.2, 0.25) is 0 Å². The van der Waals surface area contributed by atoms with Crippen LogP contribution in [0.5, 0.6) is 11.5 Å². The van der Waals surface area contributed by atoms with E-state index in [1.165, 1.54) is 16.7 Å². The second-order valence-electron chi connectivity index (χ2n) is 6.64. The molecule has 2 aromatic rings. The predicted molar refractivity (Wildman–Crippen MR) is 118 cm³/mol. The van der Waals surface area contributed by atoms with Crippen molar-refractivity contribution >= 4 is 29.9 Å². The van der Waals surface area contributed by atoms with E-state index >= 15 is 0 Å². The number of rotatable bonds is 3. The Bertz CT molecular complexity index is 810. The van der Waals surface area contributed by atoms with Crippen LogP contribution in [0.4, 0.5) is 0 Å². The number of halogens is 1. The van der Waals surface area contributed by atoms with Crippen molar-refractivity contribution in [1.82, 2.24) is 10.2 Å². The molecular weight excluding hydrogens is 453 g/mol. The number of aliphatic imine (C=N–C) groups is 1. The fraction of sp³-hybridized carbons (Fsp3) is 0.381. The SMILES string of the molecule is CN=C(NCCc1ccc2c(c1)OCCO2)N1CCc2ccccc2C1.I. The first-order valence-electron chi connectivity index (χ1n) is 9.24. The lowest BCUT2D eigenvalue weighted by atomic mass is 10.0. The zero-order chi connectivity index (χ0) is 17.8. The van der Waals surface area contributed by atoms with Crippen LogP contribution < -0.4 is 14.8 Å². The first-order valence-corrected chi connectivity index (χ1v) is 9.24. The zero-order valence-corrected chi connectivity index (χ0v) is 17.9. The predicted octanol–water partition coefficient (Wildman–Crippen LogP) is 3.25. The Morgan fingerprint density at radius 3 is 2.67 bits per heavy atom. The van der Waals surface area contributed by atoms with Crippen molar-refractivity contribution < 1.29 is 9.47 Å². The van der Waals surface area contributed by atoms with Gasteiger partial charge in [0.15, 0.2) is 17.5 Å². The van der Waals surface area contributed by atoms with Crippen LogP contribution in [0.25, 0.3) is 0 Å². The minimum Gasteiger partial charge on any atom is -0.486 e. The number of ether oxygens (including phenoxy) is 2. The van der Waals surface area contributed by atoms with Gasteiger partial charge in [-0.2, -0.15) is 0 Å². The Morgan fingerprint density at radius 1 is 1.07 bits per heavy atom. The topological polar surface area (TPSA) is 46.1 Å². The van der Waals surface area contributed by atoms with Gasteiger partial charge in [0, 0.05) is 26.7 Å².